The fraction of sp³-hybridized carbons (Fsp3) is 0.250. The van der Waals surface area contributed by atoms with Gasteiger partial charge < -0.3 is 5.32 Å². The van der Waals surface area contributed by atoms with Crippen molar-refractivity contribution in [2.45, 2.75) is 18.5 Å². The molecular weight excluding hydrogens is 327 g/mol. The minimum Gasteiger partial charge on any atom is -0.381 e. The topological polar surface area (TPSA) is 46.2 Å². The van der Waals surface area contributed by atoms with Gasteiger partial charge in [0.15, 0.2) is 9.84 Å². The monoisotopic (exact) mass is 343 g/mol. The molecule has 0 heterocycles. The van der Waals surface area contributed by atoms with Crippen LogP contribution in [0.15, 0.2) is 48.5 Å². The Morgan fingerprint density at radius 3 is 2.17 bits per heavy atom. The highest BCUT2D eigenvalue weighted by Gasteiger charge is 2.29. The van der Waals surface area contributed by atoms with Crippen molar-refractivity contribution in [2.24, 2.45) is 0 Å². The van der Waals surface area contributed by atoms with E-state index in [-0.39, 0.29) is 5.75 Å². The predicted octanol–water partition coefficient (Wildman–Crippen LogP) is 3.86. The average Bonchev–Trinajstić information content (AvgIpc) is 2.44. The van der Waals surface area contributed by atoms with Crippen molar-refractivity contribution in [2.75, 3.05) is 11.6 Å². The zero-order valence-electron chi connectivity index (χ0n) is 12.4. The molecule has 0 aliphatic heterocycles. The van der Waals surface area contributed by atoms with Gasteiger partial charge in [0, 0.05) is 18.5 Å². The molecule has 0 bridgehead atoms. The van der Waals surface area contributed by atoms with Crippen molar-refractivity contribution >= 4 is 15.5 Å². The third-order valence-corrected chi connectivity index (χ3v) is 4.03. The Balaban J connectivity index is 2.09. The van der Waals surface area contributed by atoms with Gasteiger partial charge in [0.25, 0.3) is 0 Å². The van der Waals surface area contributed by atoms with Crippen LogP contribution in [0.2, 0.25) is 0 Å². The van der Waals surface area contributed by atoms with Crippen LogP contribution in [-0.2, 0) is 28.3 Å². The molecule has 23 heavy (non-hydrogen) atoms. The normalized spacial score (nSPS) is 12.2. The Bertz CT molecular complexity index is 769. The molecule has 2 aromatic carbocycles. The van der Waals surface area contributed by atoms with Gasteiger partial charge in [-0.1, -0.05) is 30.3 Å². The first-order valence-corrected chi connectivity index (χ1v) is 8.87. The second-order valence-electron chi connectivity index (χ2n) is 5.28. The van der Waals surface area contributed by atoms with Gasteiger partial charge in [-0.15, -0.1) is 0 Å². The highest BCUT2D eigenvalue weighted by atomic mass is 32.2. The van der Waals surface area contributed by atoms with E-state index in [2.05, 4.69) is 5.32 Å². The molecule has 0 saturated heterocycles. The summed E-state index contributed by atoms with van der Waals surface area (Å²) in [5.74, 6) is -0.0941. The zero-order valence-corrected chi connectivity index (χ0v) is 13.2. The summed E-state index contributed by atoms with van der Waals surface area (Å²) in [6, 6.07) is 11.8. The standard InChI is InChI=1S/C16H16F3NO2S/c1-23(21,22)11-13-4-2-3-5-15(13)20-10-12-6-8-14(9-7-12)16(17,18)19/h2-9,20H,10-11H2,1H3. The van der Waals surface area contributed by atoms with E-state index < -0.39 is 21.6 Å². The summed E-state index contributed by atoms with van der Waals surface area (Å²) in [7, 11) is -3.17. The summed E-state index contributed by atoms with van der Waals surface area (Å²) < 4.78 is 60.4. The molecule has 0 saturated carbocycles. The second-order valence-corrected chi connectivity index (χ2v) is 7.42. The summed E-state index contributed by atoms with van der Waals surface area (Å²) in [6.45, 7) is 0.304. The van der Waals surface area contributed by atoms with Gasteiger partial charge in [0.05, 0.1) is 11.3 Å². The van der Waals surface area contributed by atoms with E-state index in [9.17, 15) is 21.6 Å². The SMILES string of the molecule is CS(=O)(=O)Cc1ccccc1NCc1ccc(C(F)(F)F)cc1. The van der Waals surface area contributed by atoms with Crippen molar-refractivity contribution in [1.29, 1.82) is 0 Å². The Labute approximate surface area is 133 Å². The maximum absolute atomic E-state index is 12.5. The lowest BCUT2D eigenvalue weighted by Gasteiger charge is -2.12. The molecule has 3 nitrogen and oxygen atoms in total. The van der Waals surface area contributed by atoms with Gasteiger partial charge in [0.2, 0.25) is 0 Å². The number of hydrogen-bond donors (Lipinski definition) is 1. The van der Waals surface area contributed by atoms with Crippen molar-refractivity contribution in [3.63, 3.8) is 0 Å². The van der Waals surface area contributed by atoms with Crippen LogP contribution in [0.25, 0.3) is 0 Å². The second kappa shape index (κ2) is 6.62. The third-order valence-electron chi connectivity index (χ3n) is 3.20. The predicted molar refractivity (Wildman–Crippen MR) is 83.8 cm³/mol. The van der Waals surface area contributed by atoms with Gasteiger partial charge in [-0.2, -0.15) is 13.2 Å². The number of benzene rings is 2. The van der Waals surface area contributed by atoms with Gasteiger partial charge in [-0.05, 0) is 29.3 Å². The summed E-state index contributed by atoms with van der Waals surface area (Å²) in [4.78, 5) is 0. The number of halogens is 3. The van der Waals surface area contributed by atoms with E-state index in [1.54, 1.807) is 24.3 Å². The summed E-state index contributed by atoms with van der Waals surface area (Å²) >= 11 is 0. The number of hydrogen-bond acceptors (Lipinski definition) is 3. The summed E-state index contributed by atoms with van der Waals surface area (Å²) in [5, 5.41) is 3.06. The van der Waals surface area contributed by atoms with Crippen LogP contribution in [0, 0.1) is 0 Å². The van der Waals surface area contributed by atoms with Crippen LogP contribution in [0.4, 0.5) is 18.9 Å². The molecular formula is C16H16F3NO2S. The fourth-order valence-electron chi connectivity index (χ4n) is 2.11. The Morgan fingerprint density at radius 2 is 1.61 bits per heavy atom. The zero-order chi connectivity index (χ0) is 17.1. The number of rotatable bonds is 5. The first-order valence-electron chi connectivity index (χ1n) is 6.81. The van der Waals surface area contributed by atoms with Crippen LogP contribution < -0.4 is 5.32 Å². The number of anilines is 1. The molecule has 0 radical (unpaired) electrons. The van der Waals surface area contributed by atoms with E-state index in [0.717, 1.165) is 18.4 Å². The summed E-state index contributed by atoms with van der Waals surface area (Å²) in [5.41, 5.74) is 1.26. The Morgan fingerprint density at radius 1 is 1.00 bits per heavy atom. The highest BCUT2D eigenvalue weighted by molar-refractivity contribution is 7.89. The molecule has 0 aromatic heterocycles. The van der Waals surface area contributed by atoms with Crippen molar-refractivity contribution in [3.8, 4) is 0 Å². The number of sulfone groups is 1. The molecule has 0 atom stereocenters. The van der Waals surface area contributed by atoms with Crippen molar-refractivity contribution in [3.05, 3.63) is 65.2 Å². The van der Waals surface area contributed by atoms with E-state index >= 15 is 0 Å². The molecule has 0 amide bonds. The molecule has 2 rings (SSSR count). The highest BCUT2D eigenvalue weighted by Crippen LogP contribution is 2.29. The third kappa shape index (κ3) is 5.28. The molecule has 1 N–H and O–H groups in total. The largest absolute Gasteiger partial charge is 0.416 e. The molecule has 0 fully saturated rings. The van der Waals surface area contributed by atoms with E-state index in [0.29, 0.717) is 23.4 Å². The van der Waals surface area contributed by atoms with Crippen LogP contribution in [0.1, 0.15) is 16.7 Å². The van der Waals surface area contributed by atoms with Crippen LogP contribution in [0.5, 0.6) is 0 Å². The first kappa shape index (κ1) is 17.3. The van der Waals surface area contributed by atoms with Crippen LogP contribution >= 0.6 is 0 Å². The van der Waals surface area contributed by atoms with E-state index in [1.165, 1.54) is 12.1 Å². The number of para-hydroxylation sites is 1. The lowest BCUT2D eigenvalue weighted by Crippen LogP contribution is -2.07. The number of nitrogens with one attached hydrogen (secondary N) is 1. The average molecular weight is 343 g/mol. The Kier molecular flexibility index (Phi) is 4.99. The fourth-order valence-corrected chi connectivity index (χ4v) is 2.93. The molecule has 0 aliphatic carbocycles. The lowest BCUT2D eigenvalue weighted by molar-refractivity contribution is -0.137. The number of alkyl halides is 3. The maximum atomic E-state index is 12.5. The van der Waals surface area contributed by atoms with Gasteiger partial charge in [0.1, 0.15) is 0 Å². The first-order chi connectivity index (χ1) is 10.6. The molecule has 7 heteroatoms. The molecule has 0 aliphatic rings. The van der Waals surface area contributed by atoms with Gasteiger partial charge in [-0.3, -0.25) is 0 Å². The minimum absolute atomic E-state index is 0.0941. The molecule has 0 spiro atoms. The minimum atomic E-state index is -4.35. The molecule has 0 unspecified atom stereocenters. The Hall–Kier alpha value is -2.02. The quantitative estimate of drug-likeness (QED) is 0.897. The van der Waals surface area contributed by atoms with Gasteiger partial charge >= 0.3 is 6.18 Å². The lowest BCUT2D eigenvalue weighted by atomic mass is 10.1. The van der Waals surface area contributed by atoms with E-state index in [4.69, 9.17) is 0 Å². The van der Waals surface area contributed by atoms with Crippen molar-refractivity contribution in [1.82, 2.24) is 0 Å². The maximum Gasteiger partial charge on any atom is 0.416 e. The smallest absolute Gasteiger partial charge is 0.381 e. The van der Waals surface area contributed by atoms with Gasteiger partial charge in [-0.25, -0.2) is 8.42 Å². The van der Waals surface area contributed by atoms with E-state index in [1.807, 2.05) is 0 Å². The van der Waals surface area contributed by atoms with Crippen LogP contribution in [0.3, 0.4) is 0 Å². The van der Waals surface area contributed by atoms with Crippen LogP contribution in [-0.4, -0.2) is 14.7 Å². The van der Waals surface area contributed by atoms with Crippen molar-refractivity contribution < 1.29 is 21.6 Å². The molecule has 124 valence electrons. The molecule has 2 aromatic rings. The summed E-state index contributed by atoms with van der Waals surface area (Å²) in [6.07, 6.45) is -3.20.